The number of carbonyl (C=O) groups excluding carboxylic acids is 1. The van der Waals surface area contributed by atoms with Crippen LogP contribution in [0.25, 0.3) is 0 Å². The van der Waals surface area contributed by atoms with Crippen LogP contribution < -0.4 is 5.73 Å². The Morgan fingerprint density at radius 3 is 1.92 bits per heavy atom. The molecule has 3 rings (SSSR count). The Kier molecular flexibility index (Phi) is 5.29. The summed E-state index contributed by atoms with van der Waals surface area (Å²) in [5, 5.41) is 0.670. The zero-order valence-electron chi connectivity index (χ0n) is 14.8. The highest BCUT2D eigenvalue weighted by Gasteiger charge is 2.24. The number of halogens is 1. The van der Waals surface area contributed by atoms with E-state index in [9.17, 15) is 4.79 Å². The summed E-state index contributed by atoms with van der Waals surface area (Å²) < 4.78 is 0. The molecule has 132 valence electrons. The molecule has 0 saturated heterocycles. The van der Waals surface area contributed by atoms with Crippen molar-refractivity contribution in [3.63, 3.8) is 0 Å². The second kappa shape index (κ2) is 7.63. The number of nitrogens with zero attached hydrogens (tertiary/aromatic N) is 1. The lowest BCUT2D eigenvalue weighted by molar-refractivity contribution is 0.0755. The number of aryl methyl sites for hydroxylation is 1. The zero-order valence-corrected chi connectivity index (χ0v) is 15.6. The van der Waals surface area contributed by atoms with Crippen molar-refractivity contribution >= 4 is 23.2 Å². The van der Waals surface area contributed by atoms with Crippen LogP contribution in [-0.2, 0) is 0 Å². The molecule has 26 heavy (non-hydrogen) atoms. The average Bonchev–Trinajstić information content (AvgIpc) is 2.65. The SMILES string of the molecule is Cc1ccc([C@H](c2ccc(Cl)cc2)N(C)C(=O)c2ccc(N)cc2)cc1. The van der Waals surface area contributed by atoms with Gasteiger partial charge in [0, 0.05) is 23.3 Å². The molecule has 3 aromatic rings. The number of anilines is 1. The maximum Gasteiger partial charge on any atom is 0.254 e. The van der Waals surface area contributed by atoms with Gasteiger partial charge in [-0.15, -0.1) is 0 Å². The summed E-state index contributed by atoms with van der Waals surface area (Å²) in [5.41, 5.74) is 10.2. The molecule has 0 aliphatic rings. The van der Waals surface area contributed by atoms with Crippen LogP contribution in [0.5, 0.6) is 0 Å². The highest BCUT2D eigenvalue weighted by molar-refractivity contribution is 6.30. The monoisotopic (exact) mass is 364 g/mol. The first-order chi connectivity index (χ1) is 12.5. The van der Waals surface area contributed by atoms with E-state index in [1.54, 1.807) is 29.2 Å². The summed E-state index contributed by atoms with van der Waals surface area (Å²) in [6, 6.07) is 22.6. The number of hydrogen-bond donors (Lipinski definition) is 1. The fourth-order valence-corrected chi connectivity index (χ4v) is 3.11. The third-order valence-corrected chi connectivity index (χ3v) is 4.70. The summed E-state index contributed by atoms with van der Waals surface area (Å²) in [6.45, 7) is 2.05. The minimum Gasteiger partial charge on any atom is -0.399 e. The number of amides is 1. The molecule has 0 fully saturated rings. The van der Waals surface area contributed by atoms with Crippen LogP contribution in [0.3, 0.4) is 0 Å². The van der Waals surface area contributed by atoms with Gasteiger partial charge in [-0.3, -0.25) is 4.79 Å². The molecule has 1 atom stereocenters. The van der Waals surface area contributed by atoms with E-state index in [1.165, 1.54) is 5.56 Å². The molecule has 0 unspecified atom stereocenters. The Bertz CT molecular complexity index is 841. The highest BCUT2D eigenvalue weighted by atomic mass is 35.5. The fraction of sp³-hybridized carbons (Fsp3) is 0.136. The predicted molar refractivity (Wildman–Crippen MR) is 107 cm³/mol. The third kappa shape index (κ3) is 3.89. The Labute approximate surface area is 159 Å². The molecule has 0 radical (unpaired) electrons. The molecule has 0 aromatic heterocycles. The van der Waals surface area contributed by atoms with Crippen molar-refractivity contribution in [3.05, 3.63) is 100 Å². The Morgan fingerprint density at radius 1 is 0.885 bits per heavy atom. The van der Waals surface area contributed by atoms with E-state index >= 15 is 0 Å². The number of rotatable bonds is 4. The van der Waals surface area contributed by atoms with Crippen LogP contribution in [0.2, 0.25) is 5.02 Å². The first kappa shape index (κ1) is 18.0. The summed E-state index contributed by atoms with van der Waals surface area (Å²) in [7, 11) is 1.82. The van der Waals surface area contributed by atoms with E-state index in [2.05, 4.69) is 24.3 Å². The van der Waals surface area contributed by atoms with E-state index in [4.69, 9.17) is 17.3 Å². The molecule has 4 heteroatoms. The van der Waals surface area contributed by atoms with Crippen LogP contribution in [0.1, 0.15) is 33.1 Å². The Hall–Kier alpha value is -2.78. The van der Waals surface area contributed by atoms with Gasteiger partial charge in [-0.2, -0.15) is 0 Å². The van der Waals surface area contributed by atoms with Crippen molar-refractivity contribution in [2.45, 2.75) is 13.0 Å². The first-order valence-electron chi connectivity index (χ1n) is 8.40. The van der Waals surface area contributed by atoms with Crippen LogP contribution in [0.4, 0.5) is 5.69 Å². The van der Waals surface area contributed by atoms with Crippen molar-refractivity contribution in [1.82, 2.24) is 4.90 Å². The molecule has 0 aliphatic heterocycles. The lowest BCUT2D eigenvalue weighted by atomic mass is 9.96. The molecule has 3 aromatic carbocycles. The van der Waals surface area contributed by atoms with Crippen molar-refractivity contribution < 1.29 is 4.79 Å². The summed E-state index contributed by atoms with van der Waals surface area (Å²) in [5.74, 6) is -0.0643. The lowest BCUT2D eigenvalue weighted by Crippen LogP contribution is -2.32. The van der Waals surface area contributed by atoms with Crippen molar-refractivity contribution in [2.24, 2.45) is 0 Å². The number of benzene rings is 3. The highest BCUT2D eigenvalue weighted by Crippen LogP contribution is 2.30. The number of hydrogen-bond acceptors (Lipinski definition) is 2. The van der Waals surface area contributed by atoms with Gasteiger partial charge >= 0.3 is 0 Å². The quantitative estimate of drug-likeness (QED) is 0.655. The standard InChI is InChI=1S/C22H21ClN2O/c1-15-3-5-16(6-4-15)21(17-7-11-19(23)12-8-17)25(2)22(26)18-9-13-20(24)14-10-18/h3-14,21H,24H2,1-2H3/t21-/m1/s1. The van der Waals surface area contributed by atoms with E-state index in [-0.39, 0.29) is 11.9 Å². The topological polar surface area (TPSA) is 46.3 Å². The number of nitrogen functional groups attached to an aromatic ring is 1. The summed E-state index contributed by atoms with van der Waals surface area (Å²) >= 11 is 6.04. The van der Waals surface area contributed by atoms with Gasteiger partial charge < -0.3 is 10.6 Å². The maximum absolute atomic E-state index is 13.0. The number of nitrogens with two attached hydrogens (primary N) is 1. The fourth-order valence-electron chi connectivity index (χ4n) is 2.98. The molecule has 1 amide bonds. The average molecular weight is 365 g/mol. The molecular formula is C22H21ClN2O. The van der Waals surface area contributed by atoms with E-state index in [1.807, 2.05) is 38.2 Å². The second-order valence-electron chi connectivity index (χ2n) is 6.40. The normalized spacial score (nSPS) is 11.8. The smallest absolute Gasteiger partial charge is 0.254 e. The van der Waals surface area contributed by atoms with Crippen molar-refractivity contribution in [3.8, 4) is 0 Å². The van der Waals surface area contributed by atoms with Crippen LogP contribution in [0.15, 0.2) is 72.8 Å². The number of carbonyl (C=O) groups is 1. The molecule has 2 N–H and O–H groups in total. The van der Waals surface area contributed by atoms with Gasteiger partial charge in [0.25, 0.3) is 5.91 Å². The lowest BCUT2D eigenvalue weighted by Gasteiger charge is -2.29. The van der Waals surface area contributed by atoms with Crippen LogP contribution in [0, 0.1) is 6.92 Å². The van der Waals surface area contributed by atoms with Crippen LogP contribution in [-0.4, -0.2) is 17.9 Å². The minimum atomic E-state index is -0.210. The molecule has 0 saturated carbocycles. The molecule has 0 bridgehead atoms. The van der Waals surface area contributed by atoms with Crippen molar-refractivity contribution in [2.75, 3.05) is 12.8 Å². The maximum atomic E-state index is 13.0. The second-order valence-corrected chi connectivity index (χ2v) is 6.84. The van der Waals surface area contributed by atoms with Crippen LogP contribution >= 0.6 is 11.6 Å². The van der Waals surface area contributed by atoms with Gasteiger partial charge in [0.1, 0.15) is 0 Å². The molecule has 3 nitrogen and oxygen atoms in total. The Balaban J connectivity index is 2.01. The van der Waals surface area contributed by atoms with E-state index < -0.39 is 0 Å². The van der Waals surface area contributed by atoms with Gasteiger partial charge in [0.2, 0.25) is 0 Å². The van der Waals surface area contributed by atoms with Gasteiger partial charge in [-0.05, 0) is 54.4 Å². The summed E-state index contributed by atoms with van der Waals surface area (Å²) in [4.78, 5) is 14.8. The van der Waals surface area contributed by atoms with Gasteiger partial charge in [0.05, 0.1) is 6.04 Å². The molecule has 0 aliphatic carbocycles. The third-order valence-electron chi connectivity index (χ3n) is 4.44. The zero-order chi connectivity index (χ0) is 18.7. The van der Waals surface area contributed by atoms with E-state index in [0.717, 1.165) is 11.1 Å². The Morgan fingerprint density at radius 2 is 1.38 bits per heavy atom. The first-order valence-corrected chi connectivity index (χ1v) is 8.78. The predicted octanol–water partition coefficient (Wildman–Crippen LogP) is 5.09. The minimum absolute atomic E-state index is 0.0643. The van der Waals surface area contributed by atoms with Gasteiger partial charge in [-0.1, -0.05) is 53.6 Å². The largest absolute Gasteiger partial charge is 0.399 e. The van der Waals surface area contributed by atoms with Gasteiger partial charge in [-0.25, -0.2) is 0 Å². The summed E-state index contributed by atoms with van der Waals surface area (Å²) in [6.07, 6.45) is 0. The van der Waals surface area contributed by atoms with E-state index in [0.29, 0.717) is 16.3 Å². The van der Waals surface area contributed by atoms with Gasteiger partial charge in [0.15, 0.2) is 0 Å². The molecular weight excluding hydrogens is 344 g/mol. The molecule has 0 spiro atoms. The van der Waals surface area contributed by atoms with Crippen molar-refractivity contribution in [1.29, 1.82) is 0 Å². The molecule has 0 heterocycles.